The largest absolute Gasteiger partial charge is 0.337 e. The van der Waals surface area contributed by atoms with Crippen LogP contribution in [0.2, 0.25) is 0 Å². The Bertz CT molecular complexity index is 662. The second-order valence-corrected chi connectivity index (χ2v) is 7.28. The van der Waals surface area contributed by atoms with E-state index in [4.69, 9.17) is 0 Å². The molecule has 1 aromatic carbocycles. The number of nitrogens with one attached hydrogen (secondary N) is 1. The second-order valence-electron chi connectivity index (χ2n) is 7.28. The summed E-state index contributed by atoms with van der Waals surface area (Å²) in [7, 11) is 0. The first-order chi connectivity index (χ1) is 12.0. The van der Waals surface area contributed by atoms with Crippen LogP contribution < -0.4 is 5.32 Å². The highest BCUT2D eigenvalue weighted by molar-refractivity contribution is 5.79. The Morgan fingerprint density at radius 2 is 1.92 bits per heavy atom. The number of carbonyl (C=O) groups is 1. The third-order valence-electron chi connectivity index (χ3n) is 5.21. The number of piperazine rings is 1. The number of amides is 1. The van der Waals surface area contributed by atoms with Gasteiger partial charge in [-0.15, -0.1) is 0 Å². The zero-order valence-corrected chi connectivity index (χ0v) is 14.7. The lowest BCUT2D eigenvalue weighted by atomic mass is 9.98. The maximum atomic E-state index is 13.7. The molecule has 1 aliphatic heterocycles. The van der Waals surface area contributed by atoms with E-state index in [1.807, 2.05) is 19.1 Å². The van der Waals surface area contributed by atoms with Crippen molar-refractivity contribution < 1.29 is 9.18 Å². The molecule has 1 saturated heterocycles. The molecular weight excluding hydrogens is 319 g/mol. The highest BCUT2D eigenvalue weighted by Gasteiger charge is 2.43. The summed E-state index contributed by atoms with van der Waals surface area (Å²) in [6, 6.07) is 9.11. The molecule has 5 nitrogen and oxygen atoms in total. The number of nitriles is 1. The van der Waals surface area contributed by atoms with Crippen LogP contribution in [0.3, 0.4) is 0 Å². The molecule has 25 heavy (non-hydrogen) atoms. The average Bonchev–Trinajstić information content (AvgIpc) is 3.44. The van der Waals surface area contributed by atoms with Gasteiger partial charge in [-0.25, -0.2) is 4.39 Å². The molecule has 1 amide bonds. The number of benzene rings is 1. The molecule has 134 valence electrons. The number of hydrogen-bond donors (Lipinski definition) is 1. The number of nitrogens with zero attached hydrogens (tertiary/aromatic N) is 3. The van der Waals surface area contributed by atoms with Crippen molar-refractivity contribution in [3.63, 3.8) is 0 Å². The lowest BCUT2D eigenvalue weighted by Gasteiger charge is -2.35. The zero-order valence-electron chi connectivity index (χ0n) is 14.7. The van der Waals surface area contributed by atoms with Crippen molar-refractivity contribution in [2.75, 3.05) is 32.7 Å². The predicted octanol–water partition coefficient (Wildman–Crippen LogP) is 1.75. The normalized spacial score (nSPS) is 21.3. The highest BCUT2D eigenvalue weighted by atomic mass is 19.1. The first-order valence-electron chi connectivity index (χ1n) is 8.90. The van der Waals surface area contributed by atoms with E-state index in [-0.39, 0.29) is 11.7 Å². The van der Waals surface area contributed by atoms with E-state index in [0.29, 0.717) is 24.6 Å². The Labute approximate surface area is 148 Å². The smallest absolute Gasteiger partial charge is 0.235 e. The molecule has 0 spiro atoms. The minimum Gasteiger partial charge on any atom is -0.337 e. The van der Waals surface area contributed by atoms with E-state index in [0.717, 1.165) is 39.0 Å². The van der Waals surface area contributed by atoms with Crippen molar-refractivity contribution in [3.8, 4) is 6.07 Å². The third kappa shape index (κ3) is 4.56. The molecule has 1 aromatic rings. The van der Waals surface area contributed by atoms with Gasteiger partial charge in [0, 0.05) is 38.3 Å². The lowest BCUT2D eigenvalue weighted by Crippen LogP contribution is -2.53. The monoisotopic (exact) mass is 344 g/mol. The van der Waals surface area contributed by atoms with Crippen LogP contribution >= 0.6 is 0 Å². The van der Waals surface area contributed by atoms with E-state index in [2.05, 4.69) is 21.2 Å². The summed E-state index contributed by atoms with van der Waals surface area (Å²) in [4.78, 5) is 16.6. The van der Waals surface area contributed by atoms with E-state index in [9.17, 15) is 14.4 Å². The van der Waals surface area contributed by atoms with Gasteiger partial charge < -0.3 is 5.32 Å². The molecule has 0 aromatic heterocycles. The highest BCUT2D eigenvalue weighted by Crippen LogP contribution is 2.39. The number of halogens is 1. The SMILES string of the molecule is C[C@@](C#N)(NC(=O)CN1CCN(Cc2ccccc2F)CC1)C1CC1. The summed E-state index contributed by atoms with van der Waals surface area (Å²) < 4.78 is 13.7. The molecule has 1 heterocycles. The van der Waals surface area contributed by atoms with Gasteiger partial charge in [0.2, 0.25) is 5.91 Å². The molecule has 1 atom stereocenters. The molecule has 3 rings (SSSR count). The van der Waals surface area contributed by atoms with Crippen LogP contribution in [-0.4, -0.2) is 54.0 Å². The van der Waals surface area contributed by atoms with Crippen molar-refractivity contribution in [1.82, 2.24) is 15.1 Å². The topological polar surface area (TPSA) is 59.4 Å². The van der Waals surface area contributed by atoms with Crippen LogP contribution in [0.1, 0.15) is 25.3 Å². The van der Waals surface area contributed by atoms with Crippen molar-refractivity contribution in [1.29, 1.82) is 5.26 Å². The Morgan fingerprint density at radius 1 is 1.28 bits per heavy atom. The zero-order chi connectivity index (χ0) is 17.9. The van der Waals surface area contributed by atoms with Crippen molar-refractivity contribution in [2.45, 2.75) is 31.8 Å². The molecule has 1 aliphatic carbocycles. The van der Waals surface area contributed by atoms with Gasteiger partial charge in [0.15, 0.2) is 0 Å². The van der Waals surface area contributed by atoms with Gasteiger partial charge in [-0.1, -0.05) is 18.2 Å². The van der Waals surface area contributed by atoms with Gasteiger partial charge >= 0.3 is 0 Å². The maximum Gasteiger partial charge on any atom is 0.235 e. The Balaban J connectivity index is 1.44. The standard InChI is InChI=1S/C19H25FN4O/c1-19(14-21,16-6-7-16)22-18(25)13-24-10-8-23(9-11-24)12-15-4-2-3-5-17(15)20/h2-5,16H,6-13H2,1H3,(H,22,25)/t19-/m0/s1. The Morgan fingerprint density at radius 3 is 2.52 bits per heavy atom. The average molecular weight is 344 g/mol. The van der Waals surface area contributed by atoms with Crippen LogP contribution in [0.4, 0.5) is 4.39 Å². The quantitative estimate of drug-likeness (QED) is 0.854. The van der Waals surface area contributed by atoms with Gasteiger partial charge in [0.1, 0.15) is 11.4 Å². The molecule has 2 aliphatic rings. The summed E-state index contributed by atoms with van der Waals surface area (Å²) >= 11 is 0. The molecule has 0 radical (unpaired) electrons. The minimum atomic E-state index is -0.732. The molecule has 2 fully saturated rings. The van der Waals surface area contributed by atoms with Crippen molar-refractivity contribution in [3.05, 3.63) is 35.6 Å². The summed E-state index contributed by atoms with van der Waals surface area (Å²) in [6.45, 7) is 5.88. The van der Waals surface area contributed by atoms with E-state index in [1.165, 1.54) is 6.07 Å². The lowest BCUT2D eigenvalue weighted by molar-refractivity contribution is -0.124. The van der Waals surface area contributed by atoms with Crippen LogP contribution in [0.25, 0.3) is 0 Å². The Kier molecular flexibility index (Phi) is 5.36. The van der Waals surface area contributed by atoms with Gasteiger partial charge in [0.05, 0.1) is 12.6 Å². The van der Waals surface area contributed by atoms with Crippen LogP contribution in [0, 0.1) is 23.1 Å². The molecule has 0 bridgehead atoms. The van der Waals surface area contributed by atoms with Crippen molar-refractivity contribution >= 4 is 5.91 Å². The Hall–Kier alpha value is -1.97. The predicted molar refractivity (Wildman–Crippen MR) is 93.0 cm³/mol. The van der Waals surface area contributed by atoms with E-state index >= 15 is 0 Å². The van der Waals surface area contributed by atoms with E-state index in [1.54, 1.807) is 6.07 Å². The van der Waals surface area contributed by atoms with Gasteiger partial charge in [-0.2, -0.15) is 5.26 Å². The van der Waals surface area contributed by atoms with Crippen molar-refractivity contribution in [2.24, 2.45) is 5.92 Å². The van der Waals surface area contributed by atoms with Gasteiger partial charge in [-0.3, -0.25) is 14.6 Å². The van der Waals surface area contributed by atoms with Crippen LogP contribution in [0.5, 0.6) is 0 Å². The minimum absolute atomic E-state index is 0.0847. The van der Waals surface area contributed by atoms with Gasteiger partial charge in [0.25, 0.3) is 0 Å². The first-order valence-corrected chi connectivity index (χ1v) is 8.90. The molecule has 0 unspecified atom stereocenters. The summed E-state index contributed by atoms with van der Waals surface area (Å²) in [6.07, 6.45) is 2.03. The molecule has 1 saturated carbocycles. The van der Waals surface area contributed by atoms with Gasteiger partial charge in [-0.05, 0) is 31.7 Å². The number of rotatable bonds is 6. The first kappa shape index (κ1) is 17.8. The molecule has 1 N–H and O–H groups in total. The fraction of sp³-hybridized carbons (Fsp3) is 0.579. The third-order valence-corrected chi connectivity index (χ3v) is 5.21. The summed E-state index contributed by atoms with van der Waals surface area (Å²) in [5.41, 5.74) is -0.0214. The van der Waals surface area contributed by atoms with E-state index < -0.39 is 5.54 Å². The summed E-state index contributed by atoms with van der Waals surface area (Å²) in [5, 5.41) is 12.2. The second kappa shape index (κ2) is 7.51. The fourth-order valence-corrected chi connectivity index (χ4v) is 3.39. The van der Waals surface area contributed by atoms with Crippen LogP contribution in [-0.2, 0) is 11.3 Å². The number of hydrogen-bond acceptors (Lipinski definition) is 4. The maximum absolute atomic E-state index is 13.7. The molecular formula is C19H25FN4O. The number of carbonyl (C=O) groups excluding carboxylic acids is 1. The summed E-state index contributed by atoms with van der Waals surface area (Å²) in [5.74, 6) is 0.0396. The van der Waals surface area contributed by atoms with Crippen LogP contribution in [0.15, 0.2) is 24.3 Å². The molecule has 6 heteroatoms. The fourth-order valence-electron chi connectivity index (χ4n) is 3.39.